The number of carboxylic acids is 1. The van der Waals surface area contributed by atoms with Crippen LogP contribution in [-0.2, 0) is 9.59 Å². The van der Waals surface area contributed by atoms with E-state index in [4.69, 9.17) is 10.4 Å². The second kappa shape index (κ2) is 4.93. The van der Waals surface area contributed by atoms with Gasteiger partial charge < -0.3 is 10.4 Å². The van der Waals surface area contributed by atoms with E-state index in [-0.39, 0.29) is 5.70 Å². The van der Waals surface area contributed by atoms with Gasteiger partial charge in [0.2, 0.25) is 0 Å². The minimum absolute atomic E-state index is 0.260. The van der Waals surface area contributed by atoms with Crippen molar-refractivity contribution in [2.45, 2.75) is 0 Å². The van der Waals surface area contributed by atoms with E-state index in [9.17, 15) is 9.59 Å². The van der Waals surface area contributed by atoms with Crippen LogP contribution in [0, 0.1) is 11.3 Å². The second-order valence-electron chi connectivity index (χ2n) is 2.42. The van der Waals surface area contributed by atoms with E-state index in [0.717, 1.165) is 6.08 Å². The quantitative estimate of drug-likeness (QED) is 0.590. The van der Waals surface area contributed by atoms with Crippen LogP contribution in [-0.4, -0.2) is 17.4 Å². The number of carboxylic acid groups (broad SMARTS) is 1. The number of nitriles is 1. The van der Waals surface area contributed by atoms with Crippen LogP contribution in [0.1, 0.15) is 5.56 Å². The molecule has 0 saturated heterocycles. The summed E-state index contributed by atoms with van der Waals surface area (Å²) in [6.45, 7) is 0. The van der Waals surface area contributed by atoms with Gasteiger partial charge in [-0.1, -0.05) is 0 Å². The smallest absolute Gasteiger partial charge is 0.352 e. The maximum atomic E-state index is 10.6. The Hall–Kier alpha value is -2.13. The van der Waals surface area contributed by atoms with Crippen molar-refractivity contribution >= 4 is 28.6 Å². The number of carbonyl (C=O) groups is 2. The Morgan fingerprint density at radius 3 is 2.93 bits per heavy atom. The average molecular weight is 222 g/mol. The molecule has 0 aliphatic heterocycles. The van der Waals surface area contributed by atoms with Gasteiger partial charge in [0, 0.05) is 6.08 Å². The van der Waals surface area contributed by atoms with Crippen LogP contribution in [0.2, 0.25) is 0 Å². The summed E-state index contributed by atoms with van der Waals surface area (Å²) in [7, 11) is 0. The molecule has 0 spiro atoms. The molecule has 2 N–H and O–H groups in total. The van der Waals surface area contributed by atoms with Crippen molar-refractivity contribution in [3.8, 4) is 6.07 Å². The summed E-state index contributed by atoms with van der Waals surface area (Å²) in [6.07, 6.45) is 1.26. The van der Waals surface area contributed by atoms with Crippen molar-refractivity contribution in [1.82, 2.24) is 0 Å². The molecule has 0 bridgehead atoms. The third-order valence-corrected chi connectivity index (χ3v) is 2.33. The third kappa shape index (κ3) is 2.65. The van der Waals surface area contributed by atoms with Gasteiger partial charge >= 0.3 is 5.97 Å². The van der Waals surface area contributed by atoms with E-state index in [2.05, 4.69) is 5.32 Å². The van der Waals surface area contributed by atoms with Crippen molar-refractivity contribution in [2.75, 3.05) is 5.32 Å². The molecule has 0 amide bonds. The number of aliphatic carboxylic acids is 1. The number of carbonyl (C=O) groups excluding carboxylic acids is 1. The molecule has 0 aromatic carbocycles. The molecule has 0 aliphatic rings. The average Bonchev–Trinajstić information content (AvgIpc) is 2.64. The van der Waals surface area contributed by atoms with Gasteiger partial charge in [-0.15, -0.1) is 11.3 Å². The maximum absolute atomic E-state index is 10.6. The van der Waals surface area contributed by atoms with Crippen molar-refractivity contribution in [3.63, 3.8) is 0 Å². The van der Waals surface area contributed by atoms with Gasteiger partial charge in [0.15, 0.2) is 0 Å². The molecule has 1 aromatic heterocycles. The van der Waals surface area contributed by atoms with E-state index < -0.39 is 5.97 Å². The predicted octanol–water partition coefficient (Wildman–Crippen LogP) is 1.20. The first kappa shape index (κ1) is 10.9. The van der Waals surface area contributed by atoms with Crippen LogP contribution in [0.4, 0.5) is 5.00 Å². The van der Waals surface area contributed by atoms with Crippen molar-refractivity contribution in [3.05, 3.63) is 28.8 Å². The fourth-order valence-electron chi connectivity index (χ4n) is 0.851. The Morgan fingerprint density at radius 1 is 1.67 bits per heavy atom. The molecule has 1 aromatic rings. The zero-order valence-corrected chi connectivity index (χ0v) is 8.25. The zero-order valence-electron chi connectivity index (χ0n) is 7.43. The van der Waals surface area contributed by atoms with E-state index in [1.54, 1.807) is 11.4 Å². The van der Waals surface area contributed by atoms with Gasteiger partial charge in [0.1, 0.15) is 23.1 Å². The normalized spacial score (nSPS) is 10.5. The molecule has 1 heterocycles. The fraction of sp³-hybridized carbons (Fsp3) is 0. The SMILES string of the molecule is N#Cc1ccsc1NC(=CC=O)C(=O)O. The highest BCUT2D eigenvalue weighted by molar-refractivity contribution is 7.14. The first-order chi connectivity index (χ1) is 7.19. The van der Waals surface area contributed by atoms with Gasteiger partial charge in [-0.05, 0) is 11.4 Å². The minimum atomic E-state index is -1.25. The lowest BCUT2D eigenvalue weighted by molar-refractivity contribution is -0.132. The summed E-state index contributed by atoms with van der Waals surface area (Å²) in [6, 6.07) is 3.46. The summed E-state index contributed by atoms with van der Waals surface area (Å²) >= 11 is 1.19. The molecular weight excluding hydrogens is 216 g/mol. The zero-order chi connectivity index (χ0) is 11.3. The summed E-state index contributed by atoms with van der Waals surface area (Å²) in [4.78, 5) is 20.8. The summed E-state index contributed by atoms with van der Waals surface area (Å²) in [5.74, 6) is -1.25. The highest BCUT2D eigenvalue weighted by atomic mass is 32.1. The molecule has 76 valence electrons. The maximum Gasteiger partial charge on any atom is 0.352 e. The van der Waals surface area contributed by atoms with E-state index >= 15 is 0 Å². The summed E-state index contributed by atoms with van der Waals surface area (Å²) in [5, 5.41) is 21.9. The molecular formula is C9H6N2O3S. The van der Waals surface area contributed by atoms with Gasteiger partial charge in [-0.25, -0.2) is 4.79 Å². The minimum Gasteiger partial charge on any atom is -0.477 e. The Bertz CT molecular complexity index is 456. The van der Waals surface area contributed by atoms with Crippen molar-refractivity contribution in [1.29, 1.82) is 5.26 Å². The Kier molecular flexibility index (Phi) is 3.60. The molecule has 15 heavy (non-hydrogen) atoms. The standard InChI is InChI=1S/C9H6N2O3S/c10-5-6-2-4-15-8(6)11-7(1-3-12)9(13)14/h1-4,11H,(H,13,14). The molecule has 0 fully saturated rings. The molecule has 6 heteroatoms. The van der Waals surface area contributed by atoms with E-state index in [1.807, 2.05) is 6.07 Å². The van der Waals surface area contributed by atoms with Crippen LogP contribution < -0.4 is 5.32 Å². The third-order valence-electron chi connectivity index (χ3n) is 1.50. The number of nitrogens with zero attached hydrogens (tertiary/aromatic N) is 1. The number of thiophene rings is 1. The second-order valence-corrected chi connectivity index (χ2v) is 3.34. The number of allylic oxidation sites excluding steroid dienone is 1. The number of rotatable bonds is 4. The van der Waals surface area contributed by atoms with Gasteiger partial charge in [0.05, 0.1) is 5.56 Å². The lowest BCUT2D eigenvalue weighted by Gasteiger charge is -2.02. The number of hydrogen-bond donors (Lipinski definition) is 2. The lowest BCUT2D eigenvalue weighted by atomic mass is 10.3. The first-order valence-electron chi connectivity index (χ1n) is 3.82. The Labute approximate surface area is 89.3 Å². The van der Waals surface area contributed by atoms with Crippen LogP contribution in [0.3, 0.4) is 0 Å². The number of hydrogen-bond acceptors (Lipinski definition) is 5. The number of anilines is 1. The molecule has 1 rings (SSSR count). The van der Waals surface area contributed by atoms with Crippen LogP contribution in [0.15, 0.2) is 23.2 Å². The highest BCUT2D eigenvalue weighted by Crippen LogP contribution is 2.23. The summed E-state index contributed by atoms with van der Waals surface area (Å²) in [5.41, 5.74) is 0.0852. The Balaban J connectivity index is 2.94. The molecule has 0 unspecified atom stereocenters. The van der Waals surface area contributed by atoms with Crippen LogP contribution in [0.5, 0.6) is 0 Å². The molecule has 0 radical (unpaired) electrons. The summed E-state index contributed by atoms with van der Waals surface area (Å²) < 4.78 is 0. The largest absolute Gasteiger partial charge is 0.477 e. The molecule has 0 aliphatic carbocycles. The number of aldehydes is 1. The number of nitrogens with one attached hydrogen (secondary N) is 1. The van der Waals surface area contributed by atoms with E-state index in [0.29, 0.717) is 16.9 Å². The fourth-order valence-corrected chi connectivity index (χ4v) is 1.60. The van der Waals surface area contributed by atoms with Crippen LogP contribution >= 0.6 is 11.3 Å². The first-order valence-corrected chi connectivity index (χ1v) is 4.70. The molecule has 0 atom stereocenters. The monoisotopic (exact) mass is 222 g/mol. The van der Waals surface area contributed by atoms with Gasteiger partial charge in [-0.2, -0.15) is 5.26 Å². The molecule has 5 nitrogen and oxygen atoms in total. The van der Waals surface area contributed by atoms with Crippen molar-refractivity contribution in [2.24, 2.45) is 0 Å². The van der Waals surface area contributed by atoms with Gasteiger partial charge in [0.25, 0.3) is 0 Å². The van der Waals surface area contributed by atoms with E-state index in [1.165, 1.54) is 11.3 Å². The van der Waals surface area contributed by atoms with Crippen molar-refractivity contribution < 1.29 is 14.7 Å². The molecule has 0 saturated carbocycles. The van der Waals surface area contributed by atoms with Crippen LogP contribution in [0.25, 0.3) is 0 Å². The predicted molar refractivity (Wildman–Crippen MR) is 54.4 cm³/mol. The lowest BCUT2D eigenvalue weighted by Crippen LogP contribution is -2.10. The van der Waals surface area contributed by atoms with Gasteiger partial charge in [-0.3, -0.25) is 4.79 Å². The highest BCUT2D eigenvalue weighted by Gasteiger charge is 2.10. The topological polar surface area (TPSA) is 90.2 Å². The Morgan fingerprint density at radius 2 is 2.40 bits per heavy atom.